The maximum Gasteiger partial charge on any atom is 0.0450 e. The Hall–Kier alpha value is -0.530. The van der Waals surface area contributed by atoms with E-state index in [9.17, 15) is 0 Å². The van der Waals surface area contributed by atoms with Crippen molar-refractivity contribution < 1.29 is 0 Å². The highest BCUT2D eigenvalue weighted by atomic mass is 35.5. The summed E-state index contributed by atoms with van der Waals surface area (Å²) in [7, 11) is 0. The fraction of sp³-hybridized carbons (Fsp3) is 0.667. The molecule has 0 atom stereocenters. The molecule has 1 aromatic carbocycles. The summed E-state index contributed by atoms with van der Waals surface area (Å²) in [6.45, 7) is 8.07. The van der Waals surface area contributed by atoms with Crippen molar-refractivity contribution in [3.8, 4) is 0 Å². The van der Waals surface area contributed by atoms with Crippen LogP contribution in [-0.4, -0.2) is 6.04 Å². The Morgan fingerprint density at radius 2 is 1.80 bits per heavy atom. The molecule has 20 heavy (non-hydrogen) atoms. The summed E-state index contributed by atoms with van der Waals surface area (Å²) < 4.78 is 0. The van der Waals surface area contributed by atoms with Gasteiger partial charge in [-0.3, -0.25) is 0 Å². The van der Waals surface area contributed by atoms with Crippen molar-refractivity contribution in [2.24, 2.45) is 11.3 Å². The van der Waals surface area contributed by atoms with E-state index in [1.165, 1.54) is 37.7 Å². The van der Waals surface area contributed by atoms with Crippen LogP contribution in [0.5, 0.6) is 0 Å². The molecule has 1 fully saturated rings. The second-order valence-electron chi connectivity index (χ2n) is 6.86. The number of hydrogen-bond donors (Lipinski definition) is 1. The molecule has 0 unspecified atom stereocenters. The Morgan fingerprint density at radius 1 is 1.15 bits per heavy atom. The predicted molar refractivity (Wildman–Crippen MR) is 88.1 cm³/mol. The minimum atomic E-state index is 0.508. The van der Waals surface area contributed by atoms with E-state index in [2.05, 4.69) is 38.2 Å². The minimum absolute atomic E-state index is 0.508. The molecular formula is C18H28ClN. The topological polar surface area (TPSA) is 12.0 Å². The summed E-state index contributed by atoms with van der Waals surface area (Å²) in [4.78, 5) is 0. The molecule has 1 N–H and O–H groups in total. The quantitative estimate of drug-likeness (QED) is 0.764. The van der Waals surface area contributed by atoms with Crippen molar-refractivity contribution in [2.75, 3.05) is 0 Å². The van der Waals surface area contributed by atoms with E-state index in [1.807, 2.05) is 12.1 Å². The van der Waals surface area contributed by atoms with Crippen LogP contribution < -0.4 is 5.32 Å². The standard InChI is InChI=1S/C18H28ClN/c1-4-18(2,3)15-9-11-16(12-10-15)20-13-14-7-5-6-8-17(14)19/h5-8,15-16,20H,4,9-13H2,1-3H3. The number of hydrogen-bond acceptors (Lipinski definition) is 1. The Balaban J connectivity index is 1.79. The summed E-state index contributed by atoms with van der Waals surface area (Å²) in [6.07, 6.45) is 6.62. The summed E-state index contributed by atoms with van der Waals surface area (Å²) in [5.41, 5.74) is 1.72. The molecule has 1 aromatic rings. The van der Waals surface area contributed by atoms with Gasteiger partial charge in [0, 0.05) is 17.6 Å². The van der Waals surface area contributed by atoms with Gasteiger partial charge in [-0.1, -0.05) is 57.0 Å². The molecule has 0 bridgehead atoms. The van der Waals surface area contributed by atoms with Crippen molar-refractivity contribution in [3.63, 3.8) is 0 Å². The third kappa shape index (κ3) is 3.99. The van der Waals surface area contributed by atoms with Crippen LogP contribution in [0.2, 0.25) is 5.02 Å². The number of rotatable bonds is 5. The second-order valence-corrected chi connectivity index (χ2v) is 7.27. The Labute approximate surface area is 129 Å². The Kier molecular flexibility index (Phi) is 5.51. The molecular weight excluding hydrogens is 266 g/mol. The first-order chi connectivity index (χ1) is 9.53. The van der Waals surface area contributed by atoms with E-state index in [-0.39, 0.29) is 0 Å². The third-order valence-electron chi connectivity index (χ3n) is 5.28. The van der Waals surface area contributed by atoms with E-state index in [0.717, 1.165) is 17.5 Å². The molecule has 112 valence electrons. The van der Waals surface area contributed by atoms with Gasteiger partial charge in [0.25, 0.3) is 0 Å². The number of nitrogens with one attached hydrogen (secondary N) is 1. The molecule has 2 heteroatoms. The number of halogens is 1. The van der Waals surface area contributed by atoms with Crippen LogP contribution in [0.15, 0.2) is 24.3 Å². The molecule has 2 rings (SSSR count). The SMILES string of the molecule is CCC(C)(C)C1CCC(NCc2ccccc2Cl)CC1. The molecule has 0 heterocycles. The largest absolute Gasteiger partial charge is 0.310 e. The van der Waals surface area contributed by atoms with Crippen molar-refractivity contribution in [3.05, 3.63) is 34.9 Å². The molecule has 0 amide bonds. The normalized spacial score (nSPS) is 23.8. The Morgan fingerprint density at radius 3 is 2.40 bits per heavy atom. The van der Waals surface area contributed by atoms with E-state index >= 15 is 0 Å². The average Bonchev–Trinajstić information content (AvgIpc) is 2.47. The van der Waals surface area contributed by atoms with Gasteiger partial charge >= 0.3 is 0 Å². The number of benzene rings is 1. The third-order valence-corrected chi connectivity index (χ3v) is 5.65. The van der Waals surface area contributed by atoms with Gasteiger partial charge < -0.3 is 5.32 Å². The van der Waals surface area contributed by atoms with Crippen molar-refractivity contribution in [1.29, 1.82) is 0 Å². The van der Waals surface area contributed by atoms with Crippen molar-refractivity contribution in [2.45, 2.75) is 65.5 Å². The fourth-order valence-electron chi connectivity index (χ4n) is 3.26. The summed E-state index contributed by atoms with van der Waals surface area (Å²) in [5, 5.41) is 4.56. The van der Waals surface area contributed by atoms with Crippen molar-refractivity contribution >= 4 is 11.6 Å². The molecule has 0 aromatic heterocycles. The van der Waals surface area contributed by atoms with Gasteiger partial charge in [0.15, 0.2) is 0 Å². The van der Waals surface area contributed by atoms with Crippen LogP contribution in [0.25, 0.3) is 0 Å². The molecule has 1 aliphatic rings. The van der Waals surface area contributed by atoms with Crippen LogP contribution in [-0.2, 0) is 6.54 Å². The summed E-state index contributed by atoms with van der Waals surface area (Å²) in [5.74, 6) is 0.894. The lowest BCUT2D eigenvalue weighted by Crippen LogP contribution is -2.36. The average molecular weight is 294 g/mol. The minimum Gasteiger partial charge on any atom is -0.310 e. The van der Waals surface area contributed by atoms with Crippen LogP contribution in [0.4, 0.5) is 0 Å². The van der Waals surface area contributed by atoms with E-state index in [1.54, 1.807) is 0 Å². The second kappa shape index (κ2) is 6.95. The van der Waals surface area contributed by atoms with Gasteiger partial charge in [0.2, 0.25) is 0 Å². The zero-order valence-electron chi connectivity index (χ0n) is 13.1. The molecule has 1 aliphatic carbocycles. The lowest BCUT2D eigenvalue weighted by molar-refractivity contribution is 0.137. The van der Waals surface area contributed by atoms with Gasteiger partial charge in [-0.25, -0.2) is 0 Å². The highest BCUT2D eigenvalue weighted by Gasteiger charge is 2.31. The fourth-order valence-corrected chi connectivity index (χ4v) is 3.47. The lowest BCUT2D eigenvalue weighted by Gasteiger charge is -2.39. The van der Waals surface area contributed by atoms with Crippen LogP contribution in [0.3, 0.4) is 0 Å². The molecule has 0 spiro atoms. The van der Waals surface area contributed by atoms with Gasteiger partial charge in [0.05, 0.1) is 0 Å². The highest BCUT2D eigenvalue weighted by Crippen LogP contribution is 2.40. The van der Waals surface area contributed by atoms with E-state index in [4.69, 9.17) is 11.6 Å². The summed E-state index contributed by atoms with van der Waals surface area (Å²) in [6, 6.07) is 8.79. The van der Waals surface area contributed by atoms with Gasteiger partial charge in [0.1, 0.15) is 0 Å². The first-order valence-electron chi connectivity index (χ1n) is 7.99. The zero-order valence-corrected chi connectivity index (χ0v) is 13.8. The van der Waals surface area contributed by atoms with E-state index < -0.39 is 0 Å². The van der Waals surface area contributed by atoms with Gasteiger partial charge in [-0.05, 0) is 48.6 Å². The van der Waals surface area contributed by atoms with Crippen LogP contribution in [0, 0.1) is 11.3 Å². The van der Waals surface area contributed by atoms with Crippen molar-refractivity contribution in [1.82, 2.24) is 5.32 Å². The molecule has 0 aliphatic heterocycles. The van der Waals surface area contributed by atoms with Crippen LogP contribution in [0.1, 0.15) is 58.4 Å². The lowest BCUT2D eigenvalue weighted by atomic mass is 9.69. The maximum atomic E-state index is 6.20. The Bertz CT molecular complexity index is 419. The highest BCUT2D eigenvalue weighted by molar-refractivity contribution is 6.31. The molecule has 1 nitrogen and oxygen atoms in total. The molecule has 0 saturated heterocycles. The molecule has 1 saturated carbocycles. The smallest absolute Gasteiger partial charge is 0.0450 e. The van der Waals surface area contributed by atoms with Gasteiger partial charge in [-0.15, -0.1) is 0 Å². The van der Waals surface area contributed by atoms with E-state index in [0.29, 0.717) is 11.5 Å². The maximum absolute atomic E-state index is 6.20. The first-order valence-corrected chi connectivity index (χ1v) is 8.37. The monoisotopic (exact) mass is 293 g/mol. The molecule has 0 radical (unpaired) electrons. The van der Waals surface area contributed by atoms with Gasteiger partial charge in [-0.2, -0.15) is 0 Å². The predicted octanol–water partition coefficient (Wildman–Crippen LogP) is 5.42. The van der Waals surface area contributed by atoms with Crippen LogP contribution >= 0.6 is 11.6 Å². The summed E-state index contributed by atoms with van der Waals surface area (Å²) >= 11 is 6.20. The first kappa shape index (κ1) is 15.9. The zero-order chi connectivity index (χ0) is 14.6.